The number of carboxylic acids is 2. The number of amides is 1. The van der Waals surface area contributed by atoms with Gasteiger partial charge in [0.1, 0.15) is 11.9 Å². The molecule has 5 rings (SSSR count). The molecule has 0 radical (unpaired) electrons. The third-order valence-electron chi connectivity index (χ3n) is 5.98. The highest BCUT2D eigenvalue weighted by molar-refractivity contribution is 6.06. The molecule has 45 heavy (non-hydrogen) atoms. The number of aromatic amines is 1. The normalized spacial score (nSPS) is 14.8. The van der Waals surface area contributed by atoms with Crippen molar-refractivity contribution >= 4 is 34.4 Å². The number of halogens is 6. The fraction of sp³-hybridized carbons (Fsp3) is 0.250. The van der Waals surface area contributed by atoms with Crippen molar-refractivity contribution in [2.45, 2.75) is 31.4 Å². The summed E-state index contributed by atoms with van der Waals surface area (Å²) in [6.07, 6.45) is -4.27. The number of fused-ring (bicyclic) bond motifs is 1. The van der Waals surface area contributed by atoms with E-state index in [4.69, 9.17) is 24.5 Å². The number of aliphatic carboxylic acids is 2. The highest BCUT2D eigenvalue weighted by Gasteiger charge is 2.38. The Labute approximate surface area is 250 Å². The predicted octanol–water partition coefficient (Wildman–Crippen LogP) is 5.13. The zero-order chi connectivity index (χ0) is 33.2. The molecule has 4 N–H and O–H groups in total. The number of carboxylic acid groups (broad SMARTS) is 2. The molecule has 240 valence electrons. The Balaban J connectivity index is 0.000000331. The van der Waals surface area contributed by atoms with Crippen LogP contribution in [0.5, 0.6) is 5.75 Å². The maximum absolute atomic E-state index is 12.9. The fourth-order valence-corrected chi connectivity index (χ4v) is 3.93. The van der Waals surface area contributed by atoms with Crippen LogP contribution in [0.3, 0.4) is 0 Å². The summed E-state index contributed by atoms with van der Waals surface area (Å²) in [6.45, 7) is 2.70. The van der Waals surface area contributed by atoms with E-state index in [0.29, 0.717) is 17.0 Å². The first-order valence-electron chi connectivity index (χ1n) is 12.8. The maximum Gasteiger partial charge on any atom is 0.490 e. The minimum Gasteiger partial charge on any atom is -0.488 e. The Morgan fingerprint density at radius 1 is 0.956 bits per heavy atom. The molecule has 2 aromatic heterocycles. The van der Waals surface area contributed by atoms with Crippen LogP contribution in [0, 0.1) is 0 Å². The molecule has 1 aliphatic rings. The lowest BCUT2D eigenvalue weighted by Crippen LogP contribution is -2.25. The number of aromatic nitrogens is 3. The number of nitrogens with one attached hydrogen (secondary N) is 2. The number of ether oxygens (including phenoxy) is 1. The summed E-state index contributed by atoms with van der Waals surface area (Å²) in [5.74, 6) is -5.20. The molecule has 3 heterocycles. The van der Waals surface area contributed by atoms with Gasteiger partial charge in [-0.15, -0.1) is 0 Å². The maximum atomic E-state index is 12.9. The fourth-order valence-electron chi connectivity index (χ4n) is 3.93. The predicted molar refractivity (Wildman–Crippen MR) is 146 cm³/mol. The van der Waals surface area contributed by atoms with Crippen molar-refractivity contribution in [3.05, 3.63) is 84.3 Å². The smallest absolute Gasteiger partial charge is 0.488 e. The van der Waals surface area contributed by atoms with Crippen molar-refractivity contribution in [3.8, 4) is 5.75 Å². The molecule has 1 atom stereocenters. The summed E-state index contributed by atoms with van der Waals surface area (Å²) in [5.41, 5.74) is 3.34. The Morgan fingerprint density at radius 2 is 1.60 bits per heavy atom. The second kappa shape index (κ2) is 15.0. The highest BCUT2D eigenvalue weighted by atomic mass is 19.4. The molecule has 1 fully saturated rings. The number of hydrogen-bond donors (Lipinski definition) is 4. The third-order valence-corrected chi connectivity index (χ3v) is 5.98. The van der Waals surface area contributed by atoms with E-state index in [1.165, 1.54) is 5.56 Å². The van der Waals surface area contributed by atoms with Gasteiger partial charge in [-0.2, -0.15) is 31.4 Å². The zero-order valence-corrected chi connectivity index (χ0v) is 23.0. The molecule has 1 aliphatic heterocycles. The SMILES string of the molecule is O=C(Nc1ccc2[nH]ncc2c1)c1cnccc1O[C@H]1CCN(Cc2ccccc2)C1.O=C(O)C(F)(F)F.O=C(O)C(F)(F)F. The average Bonchev–Trinajstić information content (AvgIpc) is 3.62. The van der Waals surface area contributed by atoms with E-state index in [-0.39, 0.29) is 12.0 Å². The molecule has 0 saturated carbocycles. The summed E-state index contributed by atoms with van der Waals surface area (Å²) >= 11 is 0. The van der Waals surface area contributed by atoms with Crippen LogP contribution in [0.25, 0.3) is 10.9 Å². The van der Waals surface area contributed by atoms with Gasteiger partial charge < -0.3 is 20.3 Å². The van der Waals surface area contributed by atoms with Gasteiger partial charge in [-0.05, 0) is 36.2 Å². The van der Waals surface area contributed by atoms with Crippen LogP contribution < -0.4 is 10.1 Å². The number of nitrogens with zero attached hydrogens (tertiary/aromatic N) is 3. The minimum atomic E-state index is -5.08. The standard InChI is InChI=1S/C24H23N5O2.2C2HF3O2/c30-24(27-19-6-7-22-18(12-19)13-26-28-22)21-14-25-10-8-23(21)31-20-9-11-29(16-20)15-17-4-2-1-3-5-17;2*3-2(4,5)1(6)7/h1-8,10,12-14,20H,9,11,15-16H2,(H,26,28)(H,27,30);2*(H,6,7)/t20-;;/m0../s1. The Hall–Kier alpha value is -5.19. The van der Waals surface area contributed by atoms with Crippen molar-refractivity contribution in [2.24, 2.45) is 0 Å². The lowest BCUT2D eigenvalue weighted by atomic mass is 10.2. The van der Waals surface area contributed by atoms with E-state index >= 15 is 0 Å². The molecule has 17 heteroatoms. The van der Waals surface area contributed by atoms with Gasteiger partial charge in [0.05, 0.1) is 17.3 Å². The van der Waals surface area contributed by atoms with E-state index in [0.717, 1.165) is 37.0 Å². The van der Waals surface area contributed by atoms with Crippen LogP contribution in [-0.4, -0.2) is 79.7 Å². The van der Waals surface area contributed by atoms with Crippen LogP contribution >= 0.6 is 0 Å². The molecular weight excluding hydrogens is 616 g/mol. The first-order chi connectivity index (χ1) is 21.1. The molecule has 2 aromatic carbocycles. The quantitative estimate of drug-likeness (QED) is 0.210. The van der Waals surface area contributed by atoms with Gasteiger partial charge in [0.15, 0.2) is 0 Å². The first kappa shape index (κ1) is 34.3. The van der Waals surface area contributed by atoms with Crippen molar-refractivity contribution in [2.75, 3.05) is 18.4 Å². The molecule has 0 aliphatic carbocycles. The second-order valence-corrected chi connectivity index (χ2v) is 9.35. The highest BCUT2D eigenvalue weighted by Crippen LogP contribution is 2.25. The Morgan fingerprint density at radius 3 is 2.22 bits per heavy atom. The lowest BCUT2D eigenvalue weighted by Gasteiger charge is -2.18. The summed E-state index contributed by atoms with van der Waals surface area (Å²) in [5, 5.41) is 25.0. The van der Waals surface area contributed by atoms with E-state index in [2.05, 4.69) is 49.7 Å². The van der Waals surface area contributed by atoms with E-state index < -0.39 is 24.3 Å². The third kappa shape index (κ3) is 10.8. The summed E-state index contributed by atoms with van der Waals surface area (Å²) in [7, 11) is 0. The number of H-pyrrole nitrogens is 1. The second-order valence-electron chi connectivity index (χ2n) is 9.35. The van der Waals surface area contributed by atoms with Gasteiger partial charge in [0, 0.05) is 43.1 Å². The lowest BCUT2D eigenvalue weighted by molar-refractivity contribution is -0.193. The number of carbonyl (C=O) groups excluding carboxylic acids is 1. The monoisotopic (exact) mass is 641 g/mol. The molecule has 1 saturated heterocycles. The van der Waals surface area contributed by atoms with Crippen LogP contribution in [0.1, 0.15) is 22.3 Å². The molecule has 11 nitrogen and oxygen atoms in total. The van der Waals surface area contributed by atoms with Crippen molar-refractivity contribution in [1.82, 2.24) is 20.1 Å². The summed E-state index contributed by atoms with van der Waals surface area (Å²) in [4.78, 5) is 37.2. The molecule has 4 aromatic rings. The number of anilines is 1. The largest absolute Gasteiger partial charge is 0.490 e. The minimum absolute atomic E-state index is 0.0416. The van der Waals surface area contributed by atoms with Gasteiger partial charge in [0.2, 0.25) is 0 Å². The van der Waals surface area contributed by atoms with E-state index in [1.54, 1.807) is 24.7 Å². The number of rotatable bonds is 6. The number of pyridine rings is 1. The number of hydrogen-bond acceptors (Lipinski definition) is 7. The van der Waals surface area contributed by atoms with Gasteiger partial charge in [-0.3, -0.25) is 19.8 Å². The number of likely N-dealkylation sites (tertiary alicyclic amines) is 1. The molecule has 0 unspecified atom stereocenters. The number of alkyl halides is 6. The topological polar surface area (TPSA) is 158 Å². The van der Waals surface area contributed by atoms with Crippen LogP contribution in [0.4, 0.5) is 32.0 Å². The van der Waals surface area contributed by atoms with Crippen LogP contribution in [0.15, 0.2) is 73.2 Å². The van der Waals surface area contributed by atoms with Gasteiger partial charge in [0.25, 0.3) is 5.91 Å². The molecule has 0 spiro atoms. The Bertz CT molecular complexity index is 1570. The van der Waals surface area contributed by atoms with Gasteiger partial charge in [-0.1, -0.05) is 30.3 Å². The van der Waals surface area contributed by atoms with Crippen molar-refractivity contribution < 1.29 is 55.7 Å². The van der Waals surface area contributed by atoms with E-state index in [1.807, 2.05) is 24.3 Å². The van der Waals surface area contributed by atoms with Crippen LogP contribution in [-0.2, 0) is 16.1 Å². The number of benzene rings is 2. The van der Waals surface area contributed by atoms with Crippen LogP contribution in [0.2, 0.25) is 0 Å². The summed E-state index contributed by atoms with van der Waals surface area (Å²) < 4.78 is 69.7. The molecule has 1 amide bonds. The first-order valence-corrected chi connectivity index (χ1v) is 12.8. The molecular formula is C28H25F6N5O6. The van der Waals surface area contributed by atoms with E-state index in [9.17, 15) is 31.1 Å². The van der Waals surface area contributed by atoms with Gasteiger partial charge in [-0.25, -0.2) is 9.59 Å². The zero-order valence-electron chi connectivity index (χ0n) is 23.0. The Kier molecular flexibility index (Phi) is 11.4. The van der Waals surface area contributed by atoms with Crippen molar-refractivity contribution in [3.63, 3.8) is 0 Å². The number of carbonyl (C=O) groups is 3. The van der Waals surface area contributed by atoms with Gasteiger partial charge >= 0.3 is 24.3 Å². The molecule has 0 bridgehead atoms. The summed E-state index contributed by atoms with van der Waals surface area (Å²) in [6, 6.07) is 17.8. The average molecular weight is 642 g/mol. The van der Waals surface area contributed by atoms with Crippen molar-refractivity contribution in [1.29, 1.82) is 0 Å².